The van der Waals surface area contributed by atoms with Gasteiger partial charge in [-0.05, 0) is 123 Å². The number of hydrogen-bond donors (Lipinski definition) is 0. The fourth-order valence-corrected chi connectivity index (χ4v) is 8.97. The van der Waals surface area contributed by atoms with Crippen molar-refractivity contribution in [3.63, 3.8) is 0 Å². The molecule has 1 unspecified atom stereocenters. The third-order valence-electron chi connectivity index (χ3n) is 8.14. The summed E-state index contributed by atoms with van der Waals surface area (Å²) < 4.78 is 57.8. The van der Waals surface area contributed by atoms with E-state index in [1.807, 2.05) is 4.90 Å². The second-order valence-electron chi connectivity index (χ2n) is 16.0. The zero-order valence-electron chi connectivity index (χ0n) is 32.7. The molecule has 1 aromatic carbocycles. The molecule has 290 valence electrons. The summed E-state index contributed by atoms with van der Waals surface area (Å²) in [5.41, 5.74) is -0.490. The molecule has 1 aromatic heterocycles. The zero-order chi connectivity index (χ0) is 39.1. The Morgan fingerprint density at radius 2 is 1.54 bits per heavy atom. The lowest BCUT2D eigenvalue weighted by atomic mass is 9.97. The van der Waals surface area contributed by atoms with Gasteiger partial charge in [0, 0.05) is 44.6 Å². The molecule has 0 bridgehead atoms. The standard InChI is InChI=1S/C38H57FN3O9P/c1-12-48-52(46)22-21-41(25-28-15-16-29(39)24-30(28)27-17-19-40-31(23-27)47-11)26-38(52,32(43)49-35(2,3)4)18-13-14-20-42(33(44)50-36(5,6)7)34(45)51-37(8,9)10/h15-17,19,23-24H,12-14,18,20-22,25-26H2,1-11H3/t38-,52?/m0/s1. The number of benzene rings is 1. The van der Waals surface area contributed by atoms with Gasteiger partial charge < -0.3 is 23.5 Å². The SMILES string of the molecule is CCOP1(=O)CCN(Cc2ccc(F)cc2-c2ccnc(OC)c2)C[C@@]1(CCCCN(C(=O)OC(C)(C)C)C(=O)OC(C)(C)C)C(=O)OC(C)(C)C. The molecule has 0 saturated carbocycles. The van der Waals surface area contributed by atoms with Crippen molar-refractivity contribution in [2.45, 2.75) is 117 Å². The Bertz CT molecular complexity index is 1590. The maximum Gasteiger partial charge on any atom is 0.419 e. The molecular formula is C38H57FN3O9P. The maximum atomic E-state index is 14.9. The average Bonchev–Trinajstić information content (AvgIpc) is 3.00. The number of hydrogen-bond acceptors (Lipinski definition) is 11. The van der Waals surface area contributed by atoms with Crippen LogP contribution in [0.2, 0.25) is 0 Å². The van der Waals surface area contributed by atoms with E-state index < -0.39 is 53.3 Å². The third-order valence-corrected chi connectivity index (χ3v) is 11.5. The molecule has 0 aliphatic carbocycles. The minimum atomic E-state index is -3.68. The molecule has 1 saturated heterocycles. The van der Waals surface area contributed by atoms with Gasteiger partial charge in [-0.3, -0.25) is 14.3 Å². The number of unbranched alkanes of at least 4 members (excludes halogenated alkanes) is 1. The van der Waals surface area contributed by atoms with Crippen LogP contribution in [-0.2, 0) is 34.6 Å². The van der Waals surface area contributed by atoms with Crippen LogP contribution in [0.3, 0.4) is 0 Å². The molecule has 2 amide bonds. The fourth-order valence-electron chi connectivity index (χ4n) is 5.97. The highest BCUT2D eigenvalue weighted by Crippen LogP contribution is 2.64. The Balaban J connectivity index is 1.98. The Kier molecular flexibility index (Phi) is 14.1. The van der Waals surface area contributed by atoms with Crippen LogP contribution < -0.4 is 4.74 Å². The van der Waals surface area contributed by atoms with Crippen LogP contribution >= 0.6 is 7.37 Å². The van der Waals surface area contributed by atoms with Crippen molar-refractivity contribution in [3.8, 4) is 17.0 Å². The third kappa shape index (κ3) is 11.7. The van der Waals surface area contributed by atoms with E-state index in [9.17, 15) is 23.3 Å². The number of ether oxygens (including phenoxy) is 4. The number of carbonyl (C=O) groups excluding carboxylic acids is 3. The van der Waals surface area contributed by atoms with Crippen LogP contribution in [-0.4, -0.2) is 94.4 Å². The summed E-state index contributed by atoms with van der Waals surface area (Å²) in [6.07, 6.45) is 0.587. The summed E-state index contributed by atoms with van der Waals surface area (Å²) >= 11 is 0. The quantitative estimate of drug-likeness (QED) is 0.0896. The molecule has 1 fully saturated rings. The van der Waals surface area contributed by atoms with Gasteiger partial charge in [0.05, 0.1) is 13.7 Å². The number of rotatable bonds is 12. The molecule has 0 N–H and O–H groups in total. The minimum Gasteiger partial charge on any atom is -0.481 e. The first-order valence-corrected chi connectivity index (χ1v) is 19.5. The van der Waals surface area contributed by atoms with Crippen LogP contribution in [0.5, 0.6) is 5.88 Å². The minimum absolute atomic E-state index is 0.0392. The van der Waals surface area contributed by atoms with Crippen molar-refractivity contribution < 1.29 is 46.8 Å². The highest BCUT2D eigenvalue weighted by atomic mass is 31.2. The van der Waals surface area contributed by atoms with E-state index in [-0.39, 0.29) is 45.1 Å². The highest BCUT2D eigenvalue weighted by Gasteiger charge is 2.59. The number of esters is 1. The van der Waals surface area contributed by atoms with Crippen molar-refractivity contribution >= 4 is 25.5 Å². The van der Waals surface area contributed by atoms with Crippen LogP contribution in [0, 0.1) is 5.82 Å². The summed E-state index contributed by atoms with van der Waals surface area (Å²) in [6, 6.07) is 8.02. The van der Waals surface area contributed by atoms with Gasteiger partial charge in [0.1, 0.15) is 22.6 Å². The lowest BCUT2D eigenvalue weighted by Crippen LogP contribution is -2.56. The van der Waals surface area contributed by atoms with Gasteiger partial charge in [-0.2, -0.15) is 0 Å². The lowest BCUT2D eigenvalue weighted by molar-refractivity contribution is -0.160. The average molecular weight is 750 g/mol. The molecule has 2 aromatic rings. The smallest absolute Gasteiger partial charge is 0.419 e. The zero-order valence-corrected chi connectivity index (χ0v) is 33.6. The Morgan fingerprint density at radius 1 is 0.923 bits per heavy atom. The first kappa shape index (κ1) is 42.9. The van der Waals surface area contributed by atoms with E-state index >= 15 is 0 Å². The summed E-state index contributed by atoms with van der Waals surface area (Å²) in [6.45, 7) is 17.9. The molecule has 0 radical (unpaired) electrons. The second-order valence-corrected chi connectivity index (χ2v) is 18.9. The molecule has 14 heteroatoms. The van der Waals surface area contributed by atoms with Crippen molar-refractivity contribution in [3.05, 3.63) is 47.9 Å². The molecule has 12 nitrogen and oxygen atoms in total. The van der Waals surface area contributed by atoms with Crippen LogP contribution in [0.1, 0.15) is 94.1 Å². The number of imide groups is 1. The Hall–Kier alpha value is -3.54. The van der Waals surface area contributed by atoms with Crippen molar-refractivity contribution in [2.75, 3.05) is 39.5 Å². The summed E-state index contributed by atoms with van der Waals surface area (Å²) in [5, 5.41) is -1.57. The molecule has 52 heavy (non-hydrogen) atoms. The predicted molar refractivity (Wildman–Crippen MR) is 197 cm³/mol. The van der Waals surface area contributed by atoms with Crippen LogP contribution in [0.4, 0.5) is 14.0 Å². The number of halogens is 1. The van der Waals surface area contributed by atoms with E-state index in [1.165, 1.54) is 19.2 Å². The maximum absolute atomic E-state index is 14.9. The van der Waals surface area contributed by atoms with E-state index in [0.717, 1.165) is 10.5 Å². The van der Waals surface area contributed by atoms with Gasteiger partial charge in [0.15, 0.2) is 5.16 Å². The van der Waals surface area contributed by atoms with Gasteiger partial charge in [-0.1, -0.05) is 6.07 Å². The topological polar surface area (TPSA) is 134 Å². The van der Waals surface area contributed by atoms with Gasteiger partial charge in [-0.25, -0.2) is 23.9 Å². The first-order chi connectivity index (χ1) is 24.0. The van der Waals surface area contributed by atoms with Crippen molar-refractivity contribution in [2.24, 2.45) is 0 Å². The lowest BCUT2D eigenvalue weighted by Gasteiger charge is -2.46. The number of pyridine rings is 1. The number of nitrogens with zero attached hydrogens (tertiary/aromatic N) is 3. The number of carbonyl (C=O) groups is 3. The first-order valence-electron chi connectivity index (χ1n) is 17.7. The van der Waals surface area contributed by atoms with E-state index in [2.05, 4.69) is 4.98 Å². The van der Waals surface area contributed by atoms with Crippen molar-refractivity contribution in [1.82, 2.24) is 14.8 Å². The molecule has 0 spiro atoms. The molecule has 2 atom stereocenters. The Morgan fingerprint density at radius 3 is 2.10 bits per heavy atom. The second kappa shape index (κ2) is 17.1. The van der Waals surface area contributed by atoms with Gasteiger partial charge in [0.25, 0.3) is 0 Å². The largest absolute Gasteiger partial charge is 0.481 e. The molecule has 1 aliphatic heterocycles. The summed E-state index contributed by atoms with van der Waals surface area (Å²) in [5.74, 6) is -0.677. The summed E-state index contributed by atoms with van der Waals surface area (Å²) in [7, 11) is -2.18. The van der Waals surface area contributed by atoms with Crippen LogP contribution in [0.15, 0.2) is 36.5 Å². The number of amides is 2. The summed E-state index contributed by atoms with van der Waals surface area (Å²) in [4.78, 5) is 47.7. The van der Waals surface area contributed by atoms with Gasteiger partial charge in [0.2, 0.25) is 13.2 Å². The Labute approximate surface area is 308 Å². The monoisotopic (exact) mass is 749 g/mol. The number of methoxy groups -OCH3 is 1. The van der Waals surface area contributed by atoms with Crippen molar-refractivity contribution in [1.29, 1.82) is 0 Å². The van der Waals surface area contributed by atoms with Gasteiger partial charge in [-0.15, -0.1) is 0 Å². The van der Waals surface area contributed by atoms with E-state index in [0.29, 0.717) is 30.1 Å². The molecule has 3 rings (SSSR count). The predicted octanol–water partition coefficient (Wildman–Crippen LogP) is 8.45. The van der Waals surface area contributed by atoms with Gasteiger partial charge >= 0.3 is 18.2 Å². The fraction of sp³-hybridized carbons (Fsp3) is 0.632. The highest BCUT2D eigenvalue weighted by molar-refractivity contribution is 7.62. The normalized spacial score (nSPS) is 19.8. The van der Waals surface area contributed by atoms with E-state index in [4.69, 9.17) is 23.5 Å². The molecule has 1 aliphatic rings. The van der Waals surface area contributed by atoms with E-state index in [1.54, 1.807) is 93.6 Å². The van der Waals surface area contributed by atoms with Crippen LogP contribution in [0.25, 0.3) is 11.1 Å². The number of aromatic nitrogens is 1. The molecule has 2 heterocycles. The molecular weight excluding hydrogens is 692 g/mol.